The second-order valence-electron chi connectivity index (χ2n) is 37.2. The van der Waals surface area contributed by atoms with Crippen molar-refractivity contribution in [1.82, 2.24) is 9.97 Å². The van der Waals surface area contributed by atoms with E-state index in [0.717, 1.165) is 44.8 Å². The number of pyridine rings is 2. The predicted octanol–water partition coefficient (Wildman–Crippen LogP) is 34.9. The summed E-state index contributed by atoms with van der Waals surface area (Å²) in [4.78, 5) is 19.1. The number of anilines is 6. The minimum atomic E-state index is 0.0776. The van der Waals surface area contributed by atoms with Crippen LogP contribution in [0.25, 0.3) is 214 Å². The predicted molar refractivity (Wildman–Crippen MR) is 601 cm³/mol. The summed E-state index contributed by atoms with van der Waals surface area (Å²) in [5, 5.41) is 26.5. The average molecular weight is 1830 g/mol. The maximum Gasteiger partial charge on any atom is 0.187 e. The second-order valence-corrected chi connectivity index (χ2v) is 37.2. The topological polar surface area (TPSA) is 76.0 Å². The van der Waals surface area contributed by atoms with Crippen LogP contribution in [0, 0.1) is 6.57 Å². The molecule has 6 aliphatic heterocycles. The molecule has 20 aromatic carbocycles. The molecule has 0 saturated heterocycles. The van der Waals surface area contributed by atoms with Crippen molar-refractivity contribution < 1.29 is 0 Å². The molecule has 28 rings (SSSR count). The van der Waals surface area contributed by atoms with E-state index in [1.165, 1.54) is 199 Å². The Bertz CT molecular complexity index is 8990. The Labute approximate surface area is 830 Å². The zero-order valence-electron chi connectivity index (χ0n) is 78.0. The molecule has 3 N–H and O–H groups in total. The van der Waals surface area contributed by atoms with Gasteiger partial charge in [0.25, 0.3) is 0 Å². The molecule has 8 heterocycles. The van der Waals surface area contributed by atoms with Crippen LogP contribution in [-0.4, -0.2) is 28.5 Å². The Morgan fingerprint density at radius 2 is 0.531 bits per heavy atom. The van der Waals surface area contributed by atoms with Gasteiger partial charge < -0.3 is 30.7 Å². The Balaban J connectivity index is 0.000000111. The van der Waals surface area contributed by atoms with Gasteiger partial charge in [0.1, 0.15) is 18.5 Å². The van der Waals surface area contributed by atoms with Gasteiger partial charge in [0.2, 0.25) is 0 Å². The number of fused-ring (bicyclic) bond motifs is 16. The lowest BCUT2D eigenvalue weighted by Crippen LogP contribution is -2.30. The molecule has 0 saturated carbocycles. The standard InChI is InChI=1S/C52H35N3.C42H29N3.C40H27N3/c1-2-12-37-29-40(26-23-34(37)11-1)51-45-18-5-3-16-43(45)50(44-17-4-6-19-46(44)51)39-14-9-13-38(30-39)42-31-47(52-48(32-42)55-28-8-7-20-49(55)54-52)36-24-21-35(22-25-36)41-15-10-27-53-33-41;1-2-8-37-32(6-1)18-19-33-20-21-34(24-38(33)37)39-25-36(26-40-42(39)44-41-9-3-4-23-45(40)41)31-16-12-29(13-17-31)28-10-14-30(15-11-28)35-7-5-22-43-27-35;1-41-34-22-20-28(21-23-34)27-12-18-32(19-13-27)37-25-33(26-38-40(37)42-39-11-4-5-24-43(38)39)29-14-16-31(17-15-29)36-10-6-8-30-7-2-3-9-35(30)36/h1-33,49,54H;1-27,41,44H;2-26,39,42H. The van der Waals surface area contributed by atoms with Crippen molar-refractivity contribution >= 4 is 104 Å². The van der Waals surface area contributed by atoms with Gasteiger partial charge in [-0.3, -0.25) is 9.97 Å². The third-order valence-corrected chi connectivity index (χ3v) is 28.9. The fourth-order valence-electron chi connectivity index (χ4n) is 21.7. The minimum absolute atomic E-state index is 0.0776. The molecule has 0 radical (unpaired) electrons. The SMILES string of the molecule is C1=CC2Nc3c(-c4ccc(-c5cccnc5)cc4)cc(-c4cccc(-c5c6ccccc6c(-c6ccc7ccccc7c6)c6ccccc56)c4)cc3N2C=C1.C1=CC2Nc3c(-c4ccc5ccc6ccccc6c5c4)cc(-c4ccc(-c5ccc(-c6cccnc6)cc5)cc4)cc3N2C=C1.[C-]#[N+]c1ccc(-c2ccc(-c3cc(-c4ccc(-c5cccc6ccccc56)cc4)cc4c3NC3C=CC=CN43)cc2)cc1. The third-order valence-electron chi connectivity index (χ3n) is 28.9. The van der Waals surface area contributed by atoms with Crippen molar-refractivity contribution in [3.63, 3.8) is 0 Å². The molecule has 0 bridgehead atoms. The highest BCUT2D eigenvalue weighted by Crippen LogP contribution is 2.53. The van der Waals surface area contributed by atoms with Crippen molar-refractivity contribution in [2.45, 2.75) is 18.5 Å². The van der Waals surface area contributed by atoms with E-state index in [1.54, 1.807) is 0 Å². The van der Waals surface area contributed by atoms with E-state index in [0.29, 0.717) is 5.69 Å². The molecule has 3 atom stereocenters. The van der Waals surface area contributed by atoms with Crippen LogP contribution < -0.4 is 30.7 Å². The summed E-state index contributed by atoms with van der Waals surface area (Å²) in [7, 11) is 0. The number of hydrogen-bond acceptors (Lipinski definition) is 8. The van der Waals surface area contributed by atoms with Gasteiger partial charge in [-0.2, -0.15) is 0 Å². The molecule has 0 amide bonds. The Morgan fingerprint density at radius 3 is 0.993 bits per heavy atom. The first-order valence-corrected chi connectivity index (χ1v) is 48.8. The molecule has 3 unspecified atom stereocenters. The van der Waals surface area contributed by atoms with E-state index in [1.807, 2.05) is 61.2 Å². The third kappa shape index (κ3) is 15.8. The molecule has 0 fully saturated rings. The van der Waals surface area contributed by atoms with Gasteiger partial charge in [0, 0.05) is 60.1 Å². The Kier molecular flexibility index (Phi) is 21.4. The largest absolute Gasteiger partial charge is 0.359 e. The van der Waals surface area contributed by atoms with Crippen LogP contribution in [-0.2, 0) is 0 Å². The molecule has 22 aromatic rings. The molecule has 672 valence electrons. The summed E-state index contributed by atoms with van der Waals surface area (Å²) in [6.07, 6.45) is 33.5. The summed E-state index contributed by atoms with van der Waals surface area (Å²) in [5.74, 6) is 0. The summed E-state index contributed by atoms with van der Waals surface area (Å²) in [5.41, 5.74) is 38.5. The summed E-state index contributed by atoms with van der Waals surface area (Å²) in [6, 6.07) is 152. The van der Waals surface area contributed by atoms with Gasteiger partial charge in [0.15, 0.2) is 5.69 Å². The highest BCUT2D eigenvalue weighted by molar-refractivity contribution is 6.22. The number of nitrogens with one attached hydrogen (secondary N) is 3. The zero-order valence-corrected chi connectivity index (χ0v) is 78.0. The molecule has 2 aromatic heterocycles. The van der Waals surface area contributed by atoms with Crippen molar-refractivity contribution in [3.8, 4) is 145 Å². The lowest BCUT2D eigenvalue weighted by atomic mass is 9.85. The number of aromatic nitrogens is 2. The van der Waals surface area contributed by atoms with E-state index in [4.69, 9.17) is 6.57 Å². The maximum atomic E-state index is 7.23. The number of allylic oxidation sites excluding steroid dienone is 6. The first-order valence-electron chi connectivity index (χ1n) is 48.8. The normalized spacial score (nSPS) is 14.6. The van der Waals surface area contributed by atoms with E-state index >= 15 is 0 Å². The zero-order chi connectivity index (χ0) is 94.8. The van der Waals surface area contributed by atoms with E-state index < -0.39 is 0 Å². The van der Waals surface area contributed by atoms with Gasteiger partial charge in [-0.15, -0.1) is 0 Å². The number of hydrogen-bond donors (Lipinski definition) is 3. The monoisotopic (exact) mass is 1830 g/mol. The summed E-state index contributed by atoms with van der Waals surface area (Å²) < 4.78 is 0. The Morgan fingerprint density at radius 1 is 0.210 bits per heavy atom. The average Bonchev–Trinajstić information content (AvgIpc) is 1.03. The van der Waals surface area contributed by atoms with Crippen molar-refractivity contribution in [1.29, 1.82) is 0 Å². The molecular weight excluding hydrogens is 1740 g/mol. The quantitative estimate of drug-likeness (QED) is 0.0599. The molecule has 143 heavy (non-hydrogen) atoms. The summed E-state index contributed by atoms with van der Waals surface area (Å²) >= 11 is 0. The van der Waals surface area contributed by atoms with Crippen molar-refractivity contribution in [2.24, 2.45) is 0 Å². The molecule has 9 heteroatoms. The van der Waals surface area contributed by atoms with E-state index in [9.17, 15) is 0 Å². The molecular formula is C134H91N9. The summed E-state index contributed by atoms with van der Waals surface area (Å²) in [6.45, 7) is 7.23. The van der Waals surface area contributed by atoms with Crippen LogP contribution in [0.15, 0.2) is 517 Å². The Hall–Kier alpha value is -19.0. The fourth-order valence-corrected chi connectivity index (χ4v) is 21.7. The van der Waals surface area contributed by atoms with Crippen molar-refractivity contribution in [2.75, 3.05) is 30.7 Å². The van der Waals surface area contributed by atoms with Crippen molar-refractivity contribution in [3.05, 3.63) is 528 Å². The molecule has 0 aliphatic carbocycles. The van der Waals surface area contributed by atoms with E-state index in [2.05, 4.69) is 501 Å². The highest BCUT2D eigenvalue weighted by Gasteiger charge is 2.34. The van der Waals surface area contributed by atoms with Crippen LogP contribution in [0.1, 0.15) is 0 Å². The smallest absolute Gasteiger partial charge is 0.187 e. The van der Waals surface area contributed by atoms with Crippen LogP contribution >= 0.6 is 0 Å². The first kappa shape index (κ1) is 84.5. The number of benzene rings is 20. The lowest BCUT2D eigenvalue weighted by molar-refractivity contribution is 0.908. The van der Waals surface area contributed by atoms with Gasteiger partial charge in [0.05, 0.1) is 40.7 Å². The van der Waals surface area contributed by atoms with Gasteiger partial charge >= 0.3 is 0 Å². The van der Waals surface area contributed by atoms with Crippen LogP contribution in [0.3, 0.4) is 0 Å². The fraction of sp³-hybridized carbons (Fsp3) is 0.0224. The first-order chi connectivity index (χ1) is 70.8. The highest BCUT2D eigenvalue weighted by atomic mass is 15.3. The van der Waals surface area contributed by atoms with Crippen LogP contribution in [0.5, 0.6) is 0 Å². The minimum Gasteiger partial charge on any atom is -0.359 e. The van der Waals surface area contributed by atoms with Gasteiger partial charge in [-0.1, -0.05) is 370 Å². The van der Waals surface area contributed by atoms with Gasteiger partial charge in [-0.25, -0.2) is 4.85 Å². The molecule has 9 nitrogen and oxygen atoms in total. The van der Waals surface area contributed by atoms with E-state index in [-0.39, 0.29) is 18.5 Å². The maximum absolute atomic E-state index is 7.23. The van der Waals surface area contributed by atoms with Crippen LogP contribution in [0.2, 0.25) is 0 Å². The molecule has 6 aliphatic rings. The van der Waals surface area contributed by atoms with Crippen LogP contribution in [0.4, 0.5) is 39.8 Å². The number of rotatable bonds is 13. The molecule has 0 spiro atoms. The number of nitrogens with zero attached hydrogens (tertiary/aromatic N) is 6. The van der Waals surface area contributed by atoms with Gasteiger partial charge in [-0.05, 0) is 296 Å². The lowest BCUT2D eigenvalue weighted by Gasteiger charge is -2.22. The second kappa shape index (κ2) is 36.2.